The molecule has 1 aliphatic carbocycles. The van der Waals surface area contributed by atoms with E-state index in [0.717, 1.165) is 16.7 Å². The van der Waals surface area contributed by atoms with Crippen LogP contribution in [0.15, 0.2) is 28.7 Å². The summed E-state index contributed by atoms with van der Waals surface area (Å²) in [5.74, 6) is 1.91. The van der Waals surface area contributed by atoms with Crippen molar-refractivity contribution in [3.05, 3.63) is 40.0 Å². The molecule has 0 bridgehead atoms. The Hall–Kier alpha value is -1.29. The van der Waals surface area contributed by atoms with E-state index in [9.17, 15) is 0 Å². The Morgan fingerprint density at radius 2 is 2.00 bits per heavy atom. The van der Waals surface area contributed by atoms with Gasteiger partial charge in [0.05, 0.1) is 11.4 Å². The van der Waals surface area contributed by atoms with Gasteiger partial charge in [0.15, 0.2) is 0 Å². The van der Waals surface area contributed by atoms with Crippen LogP contribution in [0.25, 0.3) is 5.69 Å². The molecule has 1 aliphatic heterocycles. The molecule has 21 heavy (non-hydrogen) atoms. The van der Waals surface area contributed by atoms with Crippen LogP contribution in [0.5, 0.6) is 0 Å². The first-order chi connectivity index (χ1) is 10.3. The lowest BCUT2D eigenvalue weighted by Gasteiger charge is -2.24. The smallest absolute Gasteiger partial charge is 0.133 e. The van der Waals surface area contributed by atoms with Gasteiger partial charge in [0, 0.05) is 22.5 Å². The van der Waals surface area contributed by atoms with Crippen LogP contribution in [0.1, 0.15) is 49.3 Å². The van der Waals surface area contributed by atoms with Gasteiger partial charge in [0.25, 0.3) is 0 Å². The van der Waals surface area contributed by atoms with Crippen molar-refractivity contribution < 1.29 is 0 Å². The Balaban J connectivity index is 1.87. The zero-order chi connectivity index (χ0) is 14.2. The van der Waals surface area contributed by atoms with Crippen molar-refractivity contribution in [2.45, 2.75) is 44.4 Å². The fraction of sp³-hybridized carbons (Fsp3) is 0.471. The fourth-order valence-electron chi connectivity index (χ4n) is 3.34. The number of fused-ring (bicyclic) bond motifs is 1. The van der Waals surface area contributed by atoms with Gasteiger partial charge in [0.2, 0.25) is 0 Å². The third-order valence-electron chi connectivity index (χ3n) is 4.73. The zero-order valence-electron chi connectivity index (χ0n) is 12.1. The van der Waals surface area contributed by atoms with E-state index in [1.165, 1.54) is 55.6 Å². The number of nitrogens with zero attached hydrogens (tertiary/aromatic N) is 2. The first kappa shape index (κ1) is 13.4. The van der Waals surface area contributed by atoms with Crippen LogP contribution >= 0.6 is 15.9 Å². The average Bonchev–Trinajstić information content (AvgIpc) is 2.63. The summed E-state index contributed by atoms with van der Waals surface area (Å²) in [6.45, 7) is 1.05. The van der Waals surface area contributed by atoms with Gasteiger partial charge < -0.3 is 5.32 Å². The molecule has 1 aromatic carbocycles. The molecule has 1 fully saturated rings. The summed E-state index contributed by atoms with van der Waals surface area (Å²) in [5, 5.41) is 8.63. The first-order valence-corrected chi connectivity index (χ1v) is 8.74. The molecule has 1 aromatic heterocycles. The number of benzene rings is 1. The molecule has 0 unspecified atom stereocenters. The van der Waals surface area contributed by atoms with Crippen LogP contribution < -0.4 is 5.32 Å². The van der Waals surface area contributed by atoms with Crippen molar-refractivity contribution in [3.8, 4) is 5.69 Å². The molecule has 3 nitrogen and oxygen atoms in total. The molecule has 0 saturated heterocycles. The molecule has 2 aliphatic rings. The fourth-order valence-corrected chi connectivity index (χ4v) is 3.79. The molecule has 4 rings (SSSR count). The van der Waals surface area contributed by atoms with Crippen molar-refractivity contribution in [1.82, 2.24) is 9.78 Å². The molecular weight excluding hydrogens is 326 g/mol. The van der Waals surface area contributed by atoms with Crippen LogP contribution in [0.4, 0.5) is 5.82 Å². The minimum absolute atomic E-state index is 0.683. The molecule has 1 saturated carbocycles. The molecular formula is C17H20BrN3. The molecule has 0 atom stereocenters. The highest BCUT2D eigenvalue weighted by molar-refractivity contribution is 9.10. The van der Waals surface area contributed by atoms with Crippen LogP contribution in [-0.4, -0.2) is 16.3 Å². The Kier molecular flexibility index (Phi) is 3.49. The van der Waals surface area contributed by atoms with Gasteiger partial charge in [-0.25, -0.2) is 4.68 Å². The van der Waals surface area contributed by atoms with Crippen LogP contribution in [0, 0.1) is 0 Å². The summed E-state index contributed by atoms with van der Waals surface area (Å²) < 4.78 is 3.22. The third-order valence-corrected chi connectivity index (χ3v) is 5.40. The summed E-state index contributed by atoms with van der Waals surface area (Å²) in [5.41, 5.74) is 3.95. The summed E-state index contributed by atoms with van der Waals surface area (Å²) in [6.07, 6.45) is 7.64. The predicted molar refractivity (Wildman–Crippen MR) is 89.3 cm³/mol. The average molecular weight is 346 g/mol. The minimum Gasteiger partial charge on any atom is -0.370 e. The first-order valence-electron chi connectivity index (χ1n) is 7.95. The highest BCUT2D eigenvalue weighted by Crippen LogP contribution is 2.41. The van der Waals surface area contributed by atoms with Gasteiger partial charge in [-0.3, -0.25) is 0 Å². The second-order valence-electron chi connectivity index (χ2n) is 6.09. The molecule has 4 heteroatoms. The van der Waals surface area contributed by atoms with Crippen molar-refractivity contribution in [2.75, 3.05) is 11.9 Å². The summed E-state index contributed by atoms with van der Waals surface area (Å²) in [6, 6.07) is 8.35. The van der Waals surface area contributed by atoms with Gasteiger partial charge in [-0.1, -0.05) is 18.6 Å². The van der Waals surface area contributed by atoms with E-state index in [2.05, 4.69) is 50.2 Å². The molecule has 0 amide bonds. The van der Waals surface area contributed by atoms with E-state index in [1.54, 1.807) is 0 Å². The SMILES string of the molecule is Brc1ccccc1-n1nc(C2CCC2)c2c1NCCCC2. The lowest BCUT2D eigenvalue weighted by Crippen LogP contribution is -2.12. The number of rotatable bonds is 2. The van der Waals surface area contributed by atoms with Crippen LogP contribution in [-0.2, 0) is 6.42 Å². The standard InChI is InChI=1S/C17H20BrN3/c18-14-9-1-2-10-15(14)21-17-13(8-3-4-11-19-17)16(20-21)12-6-5-7-12/h1-2,9-10,12,19H,3-8,11H2. The maximum absolute atomic E-state index is 5.01. The van der Waals surface area contributed by atoms with Gasteiger partial charge in [-0.05, 0) is 60.2 Å². The Labute approximate surface area is 133 Å². The number of nitrogens with one attached hydrogen (secondary N) is 1. The van der Waals surface area contributed by atoms with E-state index in [1.807, 2.05) is 0 Å². The number of para-hydroxylation sites is 1. The van der Waals surface area contributed by atoms with Gasteiger partial charge in [-0.15, -0.1) is 0 Å². The molecule has 1 N–H and O–H groups in total. The number of hydrogen-bond donors (Lipinski definition) is 1. The lowest BCUT2D eigenvalue weighted by molar-refractivity contribution is 0.406. The number of anilines is 1. The largest absolute Gasteiger partial charge is 0.370 e. The lowest BCUT2D eigenvalue weighted by atomic mass is 9.81. The van der Waals surface area contributed by atoms with E-state index in [-0.39, 0.29) is 0 Å². The monoisotopic (exact) mass is 345 g/mol. The van der Waals surface area contributed by atoms with Crippen molar-refractivity contribution in [3.63, 3.8) is 0 Å². The quantitative estimate of drug-likeness (QED) is 0.858. The normalized spacial score (nSPS) is 18.5. The predicted octanol–water partition coefficient (Wildman–Crippen LogP) is 4.65. The Morgan fingerprint density at radius 1 is 1.14 bits per heavy atom. The Morgan fingerprint density at radius 3 is 2.76 bits per heavy atom. The second kappa shape index (κ2) is 5.48. The second-order valence-corrected chi connectivity index (χ2v) is 6.94. The number of hydrogen-bond acceptors (Lipinski definition) is 2. The number of halogens is 1. The van der Waals surface area contributed by atoms with Crippen LogP contribution in [0.2, 0.25) is 0 Å². The molecule has 2 heterocycles. The molecule has 0 radical (unpaired) electrons. The third kappa shape index (κ3) is 2.30. The van der Waals surface area contributed by atoms with Crippen LogP contribution in [0.3, 0.4) is 0 Å². The maximum atomic E-state index is 5.01. The molecule has 2 aromatic rings. The van der Waals surface area contributed by atoms with E-state index < -0.39 is 0 Å². The van der Waals surface area contributed by atoms with Gasteiger partial charge in [-0.2, -0.15) is 5.10 Å². The van der Waals surface area contributed by atoms with E-state index in [4.69, 9.17) is 5.10 Å². The summed E-state index contributed by atoms with van der Waals surface area (Å²) in [4.78, 5) is 0. The van der Waals surface area contributed by atoms with Gasteiger partial charge in [0.1, 0.15) is 5.82 Å². The topological polar surface area (TPSA) is 29.9 Å². The highest BCUT2D eigenvalue weighted by Gasteiger charge is 2.29. The van der Waals surface area contributed by atoms with E-state index >= 15 is 0 Å². The number of aromatic nitrogens is 2. The van der Waals surface area contributed by atoms with Gasteiger partial charge >= 0.3 is 0 Å². The van der Waals surface area contributed by atoms with Crippen molar-refractivity contribution in [1.29, 1.82) is 0 Å². The van der Waals surface area contributed by atoms with Crippen molar-refractivity contribution in [2.24, 2.45) is 0 Å². The molecule has 0 spiro atoms. The zero-order valence-corrected chi connectivity index (χ0v) is 13.7. The van der Waals surface area contributed by atoms with Crippen molar-refractivity contribution >= 4 is 21.7 Å². The summed E-state index contributed by atoms with van der Waals surface area (Å²) >= 11 is 3.67. The molecule has 110 valence electrons. The maximum Gasteiger partial charge on any atom is 0.133 e. The summed E-state index contributed by atoms with van der Waals surface area (Å²) in [7, 11) is 0. The van der Waals surface area contributed by atoms with E-state index in [0.29, 0.717) is 5.92 Å². The Bertz CT molecular complexity index is 658. The minimum atomic E-state index is 0.683. The highest BCUT2D eigenvalue weighted by atomic mass is 79.9.